The van der Waals surface area contributed by atoms with Crippen LogP contribution in [-0.4, -0.2) is 9.97 Å². The molecule has 2 saturated carbocycles. The highest BCUT2D eigenvalue weighted by Crippen LogP contribution is 2.52. The van der Waals surface area contributed by atoms with Gasteiger partial charge in [-0.25, -0.2) is 9.97 Å². The topological polar surface area (TPSA) is 51.8 Å². The lowest BCUT2D eigenvalue weighted by Crippen LogP contribution is -2.18. The molecule has 2 bridgehead atoms. The normalized spacial score (nSPS) is 33.7. The van der Waals surface area contributed by atoms with Crippen molar-refractivity contribution >= 4 is 5.82 Å². The van der Waals surface area contributed by atoms with Crippen molar-refractivity contribution < 1.29 is 0 Å². The van der Waals surface area contributed by atoms with Crippen molar-refractivity contribution in [2.75, 3.05) is 5.73 Å². The van der Waals surface area contributed by atoms with Gasteiger partial charge >= 0.3 is 0 Å². The lowest BCUT2D eigenvalue weighted by Gasteiger charge is -2.23. The van der Waals surface area contributed by atoms with E-state index in [0.717, 1.165) is 36.3 Å². The summed E-state index contributed by atoms with van der Waals surface area (Å²) in [5.74, 6) is 4.24. The molecule has 1 aromatic heterocycles. The Morgan fingerprint density at radius 2 is 1.89 bits per heavy atom. The van der Waals surface area contributed by atoms with Crippen LogP contribution in [0.2, 0.25) is 0 Å². The van der Waals surface area contributed by atoms with Gasteiger partial charge in [-0.05, 0) is 56.8 Å². The van der Waals surface area contributed by atoms with Crippen LogP contribution < -0.4 is 5.73 Å². The zero-order chi connectivity index (χ0) is 12.1. The molecule has 3 heteroatoms. The SMILES string of the molecule is Nc1nc(C2CC3CCC2C3)nc2c1CCCC2. The van der Waals surface area contributed by atoms with Crippen LogP contribution in [0.15, 0.2) is 0 Å². The van der Waals surface area contributed by atoms with Gasteiger partial charge in [-0.15, -0.1) is 0 Å². The van der Waals surface area contributed by atoms with Crippen LogP contribution in [0.1, 0.15) is 61.5 Å². The van der Waals surface area contributed by atoms with Gasteiger partial charge in [0, 0.05) is 17.2 Å². The molecule has 0 radical (unpaired) electrons. The fourth-order valence-corrected chi connectivity index (χ4v) is 4.37. The maximum Gasteiger partial charge on any atom is 0.134 e. The molecule has 1 aromatic rings. The number of hydrogen-bond acceptors (Lipinski definition) is 3. The van der Waals surface area contributed by atoms with Crippen LogP contribution in [0, 0.1) is 11.8 Å². The molecular formula is C15H21N3. The molecule has 0 aliphatic heterocycles. The summed E-state index contributed by atoms with van der Waals surface area (Å²) in [6.07, 6.45) is 10.2. The van der Waals surface area contributed by atoms with E-state index >= 15 is 0 Å². The Morgan fingerprint density at radius 1 is 1.00 bits per heavy atom. The molecule has 0 aromatic carbocycles. The van der Waals surface area contributed by atoms with E-state index in [2.05, 4.69) is 4.98 Å². The van der Waals surface area contributed by atoms with Crippen molar-refractivity contribution in [2.24, 2.45) is 11.8 Å². The monoisotopic (exact) mass is 243 g/mol. The predicted molar refractivity (Wildman–Crippen MR) is 71.3 cm³/mol. The Hall–Kier alpha value is -1.12. The van der Waals surface area contributed by atoms with Crippen LogP contribution in [0.4, 0.5) is 5.82 Å². The number of rotatable bonds is 1. The third-order valence-corrected chi connectivity index (χ3v) is 5.30. The summed E-state index contributed by atoms with van der Waals surface area (Å²) in [6.45, 7) is 0. The Labute approximate surface area is 108 Å². The first-order valence-corrected chi connectivity index (χ1v) is 7.46. The van der Waals surface area contributed by atoms with E-state index in [9.17, 15) is 0 Å². The molecule has 3 nitrogen and oxygen atoms in total. The number of hydrogen-bond donors (Lipinski definition) is 1. The number of anilines is 1. The van der Waals surface area contributed by atoms with Crippen molar-refractivity contribution in [3.8, 4) is 0 Å². The molecule has 2 N–H and O–H groups in total. The van der Waals surface area contributed by atoms with Gasteiger partial charge in [0.1, 0.15) is 11.6 Å². The minimum atomic E-state index is 0.610. The predicted octanol–water partition coefficient (Wildman–Crippen LogP) is 2.84. The largest absolute Gasteiger partial charge is 0.383 e. The van der Waals surface area contributed by atoms with Crippen LogP contribution in [0.3, 0.4) is 0 Å². The average molecular weight is 243 g/mol. The molecular weight excluding hydrogens is 222 g/mol. The molecule has 3 atom stereocenters. The highest BCUT2D eigenvalue weighted by molar-refractivity contribution is 5.44. The zero-order valence-corrected chi connectivity index (χ0v) is 10.9. The maximum absolute atomic E-state index is 6.16. The van der Waals surface area contributed by atoms with Gasteiger partial charge in [-0.2, -0.15) is 0 Å². The average Bonchev–Trinajstić information content (AvgIpc) is 3.01. The number of nitrogen functional groups attached to an aromatic ring is 1. The van der Waals surface area contributed by atoms with Gasteiger partial charge in [-0.3, -0.25) is 0 Å². The molecule has 4 rings (SSSR count). The van der Waals surface area contributed by atoms with E-state index in [0.29, 0.717) is 5.92 Å². The Morgan fingerprint density at radius 3 is 2.67 bits per heavy atom. The summed E-state index contributed by atoms with van der Waals surface area (Å²) >= 11 is 0. The van der Waals surface area contributed by atoms with Crippen molar-refractivity contribution in [2.45, 2.75) is 57.3 Å². The van der Waals surface area contributed by atoms with Crippen molar-refractivity contribution in [1.29, 1.82) is 0 Å². The van der Waals surface area contributed by atoms with Gasteiger partial charge in [-0.1, -0.05) is 6.42 Å². The highest BCUT2D eigenvalue weighted by Gasteiger charge is 2.41. The molecule has 0 amide bonds. The van der Waals surface area contributed by atoms with Crippen molar-refractivity contribution in [1.82, 2.24) is 9.97 Å². The summed E-state index contributed by atoms with van der Waals surface area (Å²) in [5, 5.41) is 0. The first-order valence-electron chi connectivity index (χ1n) is 7.46. The summed E-state index contributed by atoms with van der Waals surface area (Å²) in [5.41, 5.74) is 8.66. The fourth-order valence-electron chi connectivity index (χ4n) is 4.37. The second-order valence-electron chi connectivity index (χ2n) is 6.38. The number of nitrogens with two attached hydrogens (primary N) is 1. The molecule has 3 aliphatic rings. The summed E-state index contributed by atoms with van der Waals surface area (Å²) in [7, 11) is 0. The van der Waals surface area contributed by atoms with E-state index in [-0.39, 0.29) is 0 Å². The number of nitrogens with zero attached hydrogens (tertiary/aromatic N) is 2. The van der Waals surface area contributed by atoms with Crippen LogP contribution in [0.5, 0.6) is 0 Å². The van der Waals surface area contributed by atoms with E-state index in [1.54, 1.807) is 0 Å². The number of aromatic nitrogens is 2. The van der Waals surface area contributed by atoms with Crippen LogP contribution in [0.25, 0.3) is 0 Å². The van der Waals surface area contributed by atoms with E-state index in [4.69, 9.17) is 10.7 Å². The zero-order valence-electron chi connectivity index (χ0n) is 10.9. The molecule has 0 spiro atoms. The Bertz CT molecular complexity index is 483. The molecule has 3 aliphatic carbocycles. The second kappa shape index (κ2) is 3.94. The smallest absolute Gasteiger partial charge is 0.134 e. The third-order valence-electron chi connectivity index (χ3n) is 5.30. The minimum absolute atomic E-state index is 0.610. The van der Waals surface area contributed by atoms with Gasteiger partial charge < -0.3 is 5.73 Å². The fraction of sp³-hybridized carbons (Fsp3) is 0.733. The lowest BCUT2D eigenvalue weighted by molar-refractivity contribution is 0.404. The summed E-state index contributed by atoms with van der Waals surface area (Å²) < 4.78 is 0. The second-order valence-corrected chi connectivity index (χ2v) is 6.38. The van der Waals surface area contributed by atoms with Gasteiger partial charge in [0.2, 0.25) is 0 Å². The van der Waals surface area contributed by atoms with Crippen molar-refractivity contribution in [3.05, 3.63) is 17.1 Å². The highest BCUT2D eigenvalue weighted by atomic mass is 15.0. The van der Waals surface area contributed by atoms with Crippen LogP contribution >= 0.6 is 0 Å². The van der Waals surface area contributed by atoms with E-state index in [1.165, 1.54) is 49.8 Å². The lowest BCUT2D eigenvalue weighted by atomic mass is 9.87. The van der Waals surface area contributed by atoms with E-state index < -0.39 is 0 Å². The molecule has 0 saturated heterocycles. The third kappa shape index (κ3) is 1.56. The maximum atomic E-state index is 6.16. The summed E-state index contributed by atoms with van der Waals surface area (Å²) in [4.78, 5) is 9.54. The first kappa shape index (κ1) is 10.8. The van der Waals surface area contributed by atoms with E-state index in [1.807, 2.05) is 0 Å². The molecule has 3 unspecified atom stereocenters. The molecule has 1 heterocycles. The molecule has 2 fully saturated rings. The standard InChI is InChI=1S/C15H21N3/c16-14-11-3-1-2-4-13(11)17-15(18-14)12-8-9-5-6-10(12)7-9/h9-10,12H,1-8H2,(H2,16,17,18). The Kier molecular flexibility index (Phi) is 2.36. The van der Waals surface area contributed by atoms with Gasteiger partial charge in [0.15, 0.2) is 0 Å². The van der Waals surface area contributed by atoms with Gasteiger partial charge in [0.25, 0.3) is 0 Å². The quantitative estimate of drug-likeness (QED) is 0.825. The number of aryl methyl sites for hydroxylation is 1. The Balaban J connectivity index is 1.71. The molecule has 96 valence electrons. The molecule has 18 heavy (non-hydrogen) atoms. The number of fused-ring (bicyclic) bond motifs is 3. The first-order chi connectivity index (χ1) is 8.81. The minimum Gasteiger partial charge on any atom is -0.383 e. The van der Waals surface area contributed by atoms with Crippen molar-refractivity contribution in [3.63, 3.8) is 0 Å². The summed E-state index contributed by atoms with van der Waals surface area (Å²) in [6, 6.07) is 0. The van der Waals surface area contributed by atoms with Gasteiger partial charge in [0.05, 0.1) is 0 Å². The van der Waals surface area contributed by atoms with Crippen LogP contribution in [-0.2, 0) is 12.8 Å².